The summed E-state index contributed by atoms with van der Waals surface area (Å²) in [5, 5.41) is 7.12. The predicted molar refractivity (Wildman–Crippen MR) is 96.1 cm³/mol. The van der Waals surface area contributed by atoms with E-state index < -0.39 is 0 Å². The molecule has 0 radical (unpaired) electrons. The van der Waals surface area contributed by atoms with Crippen molar-refractivity contribution in [2.24, 2.45) is 5.92 Å². The topological polar surface area (TPSA) is 55.1 Å². The lowest BCUT2D eigenvalue weighted by Crippen LogP contribution is -2.38. The van der Waals surface area contributed by atoms with Gasteiger partial charge in [0.2, 0.25) is 0 Å². The summed E-state index contributed by atoms with van der Waals surface area (Å²) in [6.07, 6.45) is 4.64. The number of hydrogen-bond donors (Lipinski definition) is 1. The summed E-state index contributed by atoms with van der Waals surface area (Å²) in [5.41, 5.74) is 1.63. The van der Waals surface area contributed by atoms with E-state index in [1.54, 1.807) is 11.8 Å². The summed E-state index contributed by atoms with van der Waals surface area (Å²) in [4.78, 5) is 13.7. The molecule has 1 aromatic heterocycles. The van der Waals surface area contributed by atoms with Crippen LogP contribution >= 0.6 is 11.8 Å². The third-order valence-electron chi connectivity index (χ3n) is 4.45. The van der Waals surface area contributed by atoms with E-state index in [1.165, 1.54) is 12.8 Å². The first kappa shape index (κ1) is 17.1. The van der Waals surface area contributed by atoms with Crippen LogP contribution in [-0.2, 0) is 5.75 Å². The van der Waals surface area contributed by atoms with Gasteiger partial charge in [0.1, 0.15) is 5.76 Å². The number of aromatic nitrogens is 1. The number of rotatable bonds is 5. The highest BCUT2D eigenvalue weighted by molar-refractivity contribution is 7.98. The Labute approximate surface area is 147 Å². The van der Waals surface area contributed by atoms with Crippen LogP contribution in [0.5, 0.6) is 0 Å². The average molecular weight is 344 g/mol. The number of amides is 1. The van der Waals surface area contributed by atoms with Gasteiger partial charge in [0.25, 0.3) is 5.91 Å². The van der Waals surface area contributed by atoms with Crippen LogP contribution in [-0.4, -0.2) is 17.1 Å². The van der Waals surface area contributed by atoms with Gasteiger partial charge in [-0.25, -0.2) is 0 Å². The van der Waals surface area contributed by atoms with Crippen LogP contribution in [0.3, 0.4) is 0 Å². The molecule has 1 amide bonds. The Morgan fingerprint density at radius 3 is 2.96 bits per heavy atom. The third-order valence-corrected chi connectivity index (χ3v) is 5.55. The zero-order valence-corrected chi connectivity index (χ0v) is 15.1. The van der Waals surface area contributed by atoms with E-state index in [0.717, 1.165) is 34.8 Å². The van der Waals surface area contributed by atoms with Crippen molar-refractivity contribution in [2.75, 3.05) is 0 Å². The summed E-state index contributed by atoms with van der Waals surface area (Å²) in [6.45, 7) is 4.17. The minimum absolute atomic E-state index is 0.0333. The van der Waals surface area contributed by atoms with Crippen molar-refractivity contribution < 1.29 is 9.32 Å². The van der Waals surface area contributed by atoms with Crippen molar-refractivity contribution in [1.29, 1.82) is 0 Å². The van der Waals surface area contributed by atoms with E-state index in [1.807, 2.05) is 37.3 Å². The van der Waals surface area contributed by atoms with Crippen LogP contribution in [0.15, 0.2) is 39.8 Å². The lowest BCUT2D eigenvalue weighted by Gasteiger charge is -2.27. The maximum atomic E-state index is 12.7. The van der Waals surface area contributed by atoms with E-state index in [9.17, 15) is 4.79 Å². The maximum Gasteiger partial charge on any atom is 0.252 e. The Morgan fingerprint density at radius 2 is 2.21 bits per heavy atom. The van der Waals surface area contributed by atoms with Gasteiger partial charge in [-0.05, 0) is 37.8 Å². The van der Waals surface area contributed by atoms with Crippen LogP contribution in [0, 0.1) is 12.8 Å². The fraction of sp³-hybridized carbons (Fsp3) is 0.474. The summed E-state index contributed by atoms with van der Waals surface area (Å²) in [6, 6.07) is 10.0. The second kappa shape index (κ2) is 7.88. The smallest absolute Gasteiger partial charge is 0.252 e. The van der Waals surface area contributed by atoms with Crippen LogP contribution in [0.1, 0.15) is 54.4 Å². The van der Waals surface area contributed by atoms with E-state index in [-0.39, 0.29) is 5.91 Å². The minimum atomic E-state index is 0.0333. The van der Waals surface area contributed by atoms with Gasteiger partial charge in [0, 0.05) is 17.0 Å². The Balaban J connectivity index is 1.65. The number of thioether (sulfide) groups is 1. The standard InChI is InChI=1S/C19H24N2O2S/c1-13-6-5-7-15(10-13)20-19(22)17-8-3-4-9-18(17)24-12-16-11-14(2)21-23-16/h3-4,8-9,11,13,15H,5-7,10,12H2,1-2H3,(H,20,22). The highest BCUT2D eigenvalue weighted by Crippen LogP contribution is 2.28. The summed E-state index contributed by atoms with van der Waals surface area (Å²) >= 11 is 1.61. The van der Waals surface area contributed by atoms with Gasteiger partial charge in [-0.3, -0.25) is 4.79 Å². The lowest BCUT2D eigenvalue weighted by molar-refractivity contribution is 0.0918. The van der Waals surface area contributed by atoms with Gasteiger partial charge in [-0.2, -0.15) is 0 Å². The minimum Gasteiger partial charge on any atom is -0.360 e. The van der Waals surface area contributed by atoms with Crippen LogP contribution in [0.4, 0.5) is 0 Å². The van der Waals surface area contributed by atoms with Crippen molar-refractivity contribution in [3.05, 3.63) is 47.3 Å². The second-order valence-electron chi connectivity index (χ2n) is 6.66. The van der Waals surface area contributed by atoms with E-state index in [2.05, 4.69) is 17.4 Å². The Kier molecular flexibility index (Phi) is 5.61. The molecule has 1 aromatic carbocycles. The molecule has 0 saturated heterocycles. The monoisotopic (exact) mass is 344 g/mol. The first-order valence-corrected chi connectivity index (χ1v) is 9.55. The first-order valence-electron chi connectivity index (χ1n) is 8.56. The SMILES string of the molecule is Cc1cc(CSc2ccccc2C(=O)NC2CCCC(C)C2)on1. The average Bonchev–Trinajstić information content (AvgIpc) is 2.99. The molecule has 24 heavy (non-hydrogen) atoms. The summed E-state index contributed by atoms with van der Waals surface area (Å²) < 4.78 is 5.25. The van der Waals surface area contributed by atoms with Crippen LogP contribution < -0.4 is 5.32 Å². The van der Waals surface area contributed by atoms with Gasteiger partial charge in [0.15, 0.2) is 0 Å². The van der Waals surface area contributed by atoms with E-state index >= 15 is 0 Å². The quantitative estimate of drug-likeness (QED) is 0.806. The normalized spacial score (nSPS) is 20.8. The maximum absolute atomic E-state index is 12.7. The molecule has 0 bridgehead atoms. The Morgan fingerprint density at radius 1 is 1.38 bits per heavy atom. The van der Waals surface area contributed by atoms with Gasteiger partial charge in [0.05, 0.1) is 17.0 Å². The largest absolute Gasteiger partial charge is 0.360 e. The number of nitrogens with zero attached hydrogens (tertiary/aromatic N) is 1. The highest BCUT2D eigenvalue weighted by atomic mass is 32.2. The molecule has 4 nitrogen and oxygen atoms in total. The third kappa shape index (κ3) is 4.41. The zero-order chi connectivity index (χ0) is 16.9. The lowest BCUT2D eigenvalue weighted by atomic mass is 9.87. The molecule has 5 heteroatoms. The van der Waals surface area contributed by atoms with Crippen molar-refractivity contribution in [3.8, 4) is 0 Å². The summed E-state index contributed by atoms with van der Waals surface area (Å²) in [7, 11) is 0. The van der Waals surface area contributed by atoms with Crippen molar-refractivity contribution in [3.63, 3.8) is 0 Å². The fourth-order valence-corrected chi connectivity index (χ4v) is 4.17. The fourth-order valence-electron chi connectivity index (χ4n) is 3.24. The molecule has 0 aliphatic heterocycles. The van der Waals surface area contributed by atoms with Crippen molar-refractivity contribution in [2.45, 2.75) is 56.2 Å². The molecule has 1 heterocycles. The molecule has 1 aliphatic carbocycles. The van der Waals surface area contributed by atoms with Gasteiger partial charge in [-0.15, -0.1) is 11.8 Å². The molecule has 2 aromatic rings. The number of nitrogens with one attached hydrogen (secondary N) is 1. The zero-order valence-electron chi connectivity index (χ0n) is 14.2. The molecule has 1 fully saturated rings. The number of benzene rings is 1. The molecule has 0 spiro atoms. The molecule has 1 saturated carbocycles. The van der Waals surface area contributed by atoms with Crippen molar-refractivity contribution >= 4 is 17.7 Å². The number of carbonyl (C=O) groups is 1. The molecule has 2 unspecified atom stereocenters. The molecule has 2 atom stereocenters. The number of hydrogen-bond acceptors (Lipinski definition) is 4. The molecule has 1 N–H and O–H groups in total. The Bertz CT molecular complexity index is 698. The Hall–Kier alpha value is -1.75. The molecular weight excluding hydrogens is 320 g/mol. The van der Waals surface area contributed by atoms with Gasteiger partial charge in [-0.1, -0.05) is 37.1 Å². The molecule has 1 aliphatic rings. The van der Waals surface area contributed by atoms with Gasteiger partial charge < -0.3 is 9.84 Å². The highest BCUT2D eigenvalue weighted by Gasteiger charge is 2.22. The molecule has 128 valence electrons. The number of carbonyl (C=O) groups excluding carboxylic acids is 1. The molecular formula is C19H24N2O2S. The van der Waals surface area contributed by atoms with Crippen LogP contribution in [0.25, 0.3) is 0 Å². The van der Waals surface area contributed by atoms with E-state index in [0.29, 0.717) is 17.7 Å². The number of aryl methyl sites for hydroxylation is 1. The van der Waals surface area contributed by atoms with Crippen molar-refractivity contribution in [1.82, 2.24) is 10.5 Å². The van der Waals surface area contributed by atoms with Crippen LogP contribution in [0.2, 0.25) is 0 Å². The van der Waals surface area contributed by atoms with E-state index in [4.69, 9.17) is 4.52 Å². The first-order chi connectivity index (χ1) is 11.6. The summed E-state index contributed by atoms with van der Waals surface area (Å²) in [5.74, 6) is 2.23. The molecule has 3 rings (SSSR count). The predicted octanol–water partition coefficient (Wildman–Crippen LogP) is 4.58. The second-order valence-corrected chi connectivity index (χ2v) is 7.68. The van der Waals surface area contributed by atoms with Gasteiger partial charge >= 0.3 is 0 Å².